The van der Waals surface area contributed by atoms with Crippen LogP contribution in [0.25, 0.3) is 0 Å². The molecule has 0 heterocycles. The Morgan fingerprint density at radius 1 is 0.488 bits per heavy atom. The molecule has 43 heavy (non-hydrogen) atoms. The van der Waals surface area contributed by atoms with Crippen LogP contribution in [0, 0.1) is 0 Å². The van der Waals surface area contributed by atoms with Gasteiger partial charge in [-0.1, -0.05) is 181 Å². The summed E-state index contributed by atoms with van der Waals surface area (Å²) < 4.78 is 32.8. The molecule has 6 nitrogen and oxygen atoms in total. The maximum absolute atomic E-state index is 11.6. The quantitative estimate of drug-likeness (QED) is 0.0500. The highest BCUT2D eigenvalue weighted by Crippen LogP contribution is 2.36. The summed E-state index contributed by atoms with van der Waals surface area (Å²) >= 11 is 0. The van der Waals surface area contributed by atoms with Gasteiger partial charge in [0.1, 0.15) is 6.10 Å². The molecule has 0 aromatic carbocycles. The van der Waals surface area contributed by atoms with Crippen molar-refractivity contribution in [1.82, 2.24) is 0 Å². The van der Waals surface area contributed by atoms with Gasteiger partial charge >= 0.3 is 0 Å². The Balaban J connectivity index is 3.74. The van der Waals surface area contributed by atoms with Gasteiger partial charge in [-0.2, -0.15) is 0 Å². The molecule has 0 aliphatic rings. The molecule has 260 valence electrons. The predicted octanol–water partition coefficient (Wildman–Crippen LogP) is 11.5. The van der Waals surface area contributed by atoms with Crippen LogP contribution < -0.4 is 4.89 Å². The van der Waals surface area contributed by atoms with Crippen LogP contribution in [0.2, 0.25) is 0 Å². The summed E-state index contributed by atoms with van der Waals surface area (Å²) in [4.78, 5) is 11.6. The van der Waals surface area contributed by atoms with Crippen LogP contribution in [-0.4, -0.2) is 39.6 Å². The maximum atomic E-state index is 11.6. The zero-order chi connectivity index (χ0) is 31.5. The Kier molecular flexibility index (Phi) is 34.9. The lowest BCUT2D eigenvalue weighted by atomic mass is 10.0. The zero-order valence-electron chi connectivity index (χ0n) is 29.1. The molecule has 0 aliphatic heterocycles. The molecular formula is C36H74O6P-. The minimum absolute atomic E-state index is 0.0635. The van der Waals surface area contributed by atoms with Crippen molar-refractivity contribution in [2.75, 3.05) is 33.5 Å². The second-order valence-corrected chi connectivity index (χ2v) is 14.2. The van der Waals surface area contributed by atoms with Crippen LogP contribution in [0.5, 0.6) is 0 Å². The van der Waals surface area contributed by atoms with Crippen molar-refractivity contribution in [1.29, 1.82) is 0 Å². The van der Waals surface area contributed by atoms with E-state index in [4.69, 9.17) is 14.0 Å². The van der Waals surface area contributed by atoms with Gasteiger partial charge in [-0.25, -0.2) is 0 Å². The fourth-order valence-corrected chi connectivity index (χ4v) is 5.99. The van der Waals surface area contributed by atoms with Crippen LogP contribution in [0.4, 0.5) is 0 Å². The van der Waals surface area contributed by atoms with Crippen molar-refractivity contribution in [3.05, 3.63) is 0 Å². The predicted molar refractivity (Wildman–Crippen MR) is 182 cm³/mol. The molecule has 0 saturated heterocycles. The fourth-order valence-electron chi connectivity index (χ4n) is 5.53. The van der Waals surface area contributed by atoms with Crippen LogP contribution >= 0.6 is 7.82 Å². The van der Waals surface area contributed by atoms with Gasteiger partial charge in [0, 0.05) is 20.3 Å². The number of phosphoric ester groups is 1. The Morgan fingerprint density at radius 2 is 0.814 bits per heavy atom. The van der Waals surface area contributed by atoms with Crippen LogP contribution in [-0.2, 0) is 23.1 Å². The van der Waals surface area contributed by atoms with E-state index in [-0.39, 0.29) is 6.61 Å². The van der Waals surface area contributed by atoms with E-state index < -0.39 is 13.9 Å². The highest BCUT2D eigenvalue weighted by molar-refractivity contribution is 7.45. The SMILES string of the molecule is CCCCCCCCCCCCCCCCOCC(COP(=O)([O-])OC)OCCCCCCCCCCCCCCCC. The average Bonchev–Trinajstić information content (AvgIpc) is 3.01. The molecular weight excluding hydrogens is 559 g/mol. The van der Waals surface area contributed by atoms with Gasteiger partial charge in [-0.3, -0.25) is 4.57 Å². The van der Waals surface area contributed by atoms with Crippen molar-refractivity contribution in [2.24, 2.45) is 0 Å². The van der Waals surface area contributed by atoms with Crippen LogP contribution in [0.1, 0.15) is 194 Å². The van der Waals surface area contributed by atoms with Crippen molar-refractivity contribution in [2.45, 2.75) is 200 Å². The van der Waals surface area contributed by atoms with E-state index in [1.54, 1.807) is 0 Å². The summed E-state index contributed by atoms with van der Waals surface area (Å²) in [6, 6.07) is 0. The van der Waals surface area contributed by atoms with Gasteiger partial charge in [0.25, 0.3) is 7.82 Å². The van der Waals surface area contributed by atoms with Crippen LogP contribution in [0.3, 0.4) is 0 Å². The first-order chi connectivity index (χ1) is 21.1. The third kappa shape index (κ3) is 34.7. The maximum Gasteiger partial charge on any atom is 0.267 e. The highest BCUT2D eigenvalue weighted by atomic mass is 31.2. The summed E-state index contributed by atoms with van der Waals surface area (Å²) in [6.07, 6.45) is 36.7. The molecule has 0 spiro atoms. The molecule has 0 bridgehead atoms. The molecule has 0 aromatic heterocycles. The van der Waals surface area contributed by atoms with E-state index in [1.807, 2.05) is 0 Å². The monoisotopic (exact) mass is 634 g/mol. The molecule has 0 aromatic rings. The Hall–Kier alpha value is 0.0300. The Morgan fingerprint density at radius 3 is 1.16 bits per heavy atom. The first-order valence-corrected chi connectivity index (χ1v) is 20.2. The summed E-state index contributed by atoms with van der Waals surface area (Å²) in [5.41, 5.74) is 0. The second-order valence-electron chi connectivity index (χ2n) is 12.7. The zero-order valence-corrected chi connectivity index (χ0v) is 30.0. The number of rotatable bonds is 37. The third-order valence-electron chi connectivity index (χ3n) is 8.44. The highest BCUT2D eigenvalue weighted by Gasteiger charge is 2.15. The van der Waals surface area contributed by atoms with Gasteiger partial charge in [0.05, 0.1) is 13.2 Å². The number of phosphoric acid groups is 1. The Bertz CT molecular complexity index is 576. The molecule has 0 radical (unpaired) electrons. The topological polar surface area (TPSA) is 77.1 Å². The molecule has 2 atom stereocenters. The summed E-state index contributed by atoms with van der Waals surface area (Å²) in [7, 11) is -3.15. The lowest BCUT2D eigenvalue weighted by Gasteiger charge is -2.24. The first-order valence-electron chi connectivity index (χ1n) is 18.8. The molecule has 7 heteroatoms. The summed E-state index contributed by atoms with van der Waals surface area (Å²) in [5, 5.41) is 0. The van der Waals surface area contributed by atoms with Gasteiger partial charge in [0.2, 0.25) is 0 Å². The van der Waals surface area contributed by atoms with Gasteiger partial charge in [-0.05, 0) is 12.8 Å². The largest absolute Gasteiger partial charge is 0.756 e. The number of hydrogen-bond acceptors (Lipinski definition) is 6. The van der Waals surface area contributed by atoms with Crippen molar-refractivity contribution in [3.8, 4) is 0 Å². The van der Waals surface area contributed by atoms with Gasteiger partial charge in [0.15, 0.2) is 0 Å². The number of ether oxygens (including phenoxy) is 2. The fraction of sp³-hybridized carbons (Fsp3) is 1.00. The van der Waals surface area contributed by atoms with E-state index in [2.05, 4.69) is 18.4 Å². The van der Waals surface area contributed by atoms with Gasteiger partial charge < -0.3 is 23.4 Å². The molecule has 0 rings (SSSR count). The standard InChI is InChI=1S/C36H75O6P/c1-4-6-8-10-12-14-16-18-20-22-24-26-28-30-32-40-34-36(35-42-43(37,38)39-3)41-33-31-29-27-25-23-21-19-17-15-13-11-9-7-5-2/h36H,4-35H2,1-3H3,(H,37,38)/p-1. The molecule has 0 fully saturated rings. The van der Waals surface area contributed by atoms with Crippen LogP contribution in [0.15, 0.2) is 0 Å². The summed E-state index contributed by atoms with van der Waals surface area (Å²) in [6.45, 7) is 6.11. The lowest BCUT2D eigenvalue weighted by molar-refractivity contribution is -0.225. The Labute approximate surface area is 268 Å². The molecule has 0 N–H and O–H groups in total. The minimum atomic E-state index is -4.26. The smallest absolute Gasteiger partial charge is 0.267 e. The van der Waals surface area contributed by atoms with E-state index in [0.717, 1.165) is 26.4 Å². The molecule has 2 unspecified atom stereocenters. The third-order valence-corrected chi connectivity index (χ3v) is 9.35. The minimum Gasteiger partial charge on any atom is -0.756 e. The van der Waals surface area contributed by atoms with E-state index in [0.29, 0.717) is 19.8 Å². The average molecular weight is 634 g/mol. The molecule has 0 amide bonds. The first kappa shape index (κ1) is 43.0. The van der Waals surface area contributed by atoms with Crippen molar-refractivity contribution in [3.63, 3.8) is 0 Å². The van der Waals surface area contributed by atoms with E-state index >= 15 is 0 Å². The number of unbranched alkanes of at least 4 members (excludes halogenated alkanes) is 26. The van der Waals surface area contributed by atoms with E-state index in [9.17, 15) is 9.46 Å². The summed E-state index contributed by atoms with van der Waals surface area (Å²) in [5.74, 6) is 0. The number of hydrogen-bond donors (Lipinski definition) is 0. The van der Waals surface area contributed by atoms with Gasteiger partial charge in [-0.15, -0.1) is 0 Å². The normalized spacial score (nSPS) is 13.9. The lowest BCUT2D eigenvalue weighted by Crippen LogP contribution is -2.27. The van der Waals surface area contributed by atoms with E-state index in [1.165, 1.54) is 161 Å². The van der Waals surface area contributed by atoms with Crippen molar-refractivity contribution < 1.29 is 28.0 Å². The molecule has 0 saturated carbocycles. The second kappa shape index (κ2) is 34.9. The van der Waals surface area contributed by atoms with Crippen molar-refractivity contribution >= 4 is 7.82 Å². The molecule has 0 aliphatic carbocycles.